The first kappa shape index (κ1) is 14.0. The minimum atomic E-state index is -1.68. The van der Waals surface area contributed by atoms with Crippen LogP contribution in [0.15, 0.2) is 0 Å². The van der Waals surface area contributed by atoms with Gasteiger partial charge in [0.15, 0.2) is 0 Å². The lowest BCUT2D eigenvalue weighted by atomic mass is 9.77. The third kappa shape index (κ3) is 2.28. The summed E-state index contributed by atoms with van der Waals surface area (Å²) in [6, 6.07) is -0.791. The molecule has 1 saturated heterocycles. The Hall–Kier alpha value is -2.08. The zero-order valence-electron chi connectivity index (χ0n) is 9.75. The third-order valence-corrected chi connectivity index (χ3v) is 2.98. The lowest BCUT2D eigenvalue weighted by Gasteiger charge is -2.40. The number of carbonyl (C=O) groups excluding carboxylic acids is 2. The summed E-state index contributed by atoms with van der Waals surface area (Å²) in [6.07, 6.45) is -1.45. The van der Waals surface area contributed by atoms with E-state index in [2.05, 4.69) is 10.1 Å². The van der Waals surface area contributed by atoms with Gasteiger partial charge >= 0.3 is 11.7 Å². The van der Waals surface area contributed by atoms with Crippen molar-refractivity contribution in [1.82, 2.24) is 5.32 Å². The SMILES string of the molecule is C[C@@H](F)[C@H]1C(=O)N[C@@H]1[C@@H](C)C(=O)C(=[N+]=[N-])C(=O)O. The topological polar surface area (TPSA) is 120 Å². The summed E-state index contributed by atoms with van der Waals surface area (Å²) in [5.41, 5.74) is 7.41. The standard InChI is InChI=1S/C10H12FN3O4/c1-3(8(15)7(14-12)10(17)18)6-5(4(2)11)9(16)13-6/h3-6H,1-2H3,(H,13,16)(H,17,18)/t3-,4-,5-,6-/m1/s1. The smallest absolute Gasteiger partial charge is 0.441 e. The highest BCUT2D eigenvalue weighted by atomic mass is 19.1. The van der Waals surface area contributed by atoms with E-state index in [-0.39, 0.29) is 0 Å². The van der Waals surface area contributed by atoms with Gasteiger partial charge in [-0.2, -0.15) is 4.79 Å². The predicted octanol–water partition coefficient (Wildman–Crippen LogP) is -0.580. The van der Waals surface area contributed by atoms with Crippen molar-refractivity contribution in [2.75, 3.05) is 0 Å². The van der Waals surface area contributed by atoms with E-state index in [1.54, 1.807) is 0 Å². The number of Topliss-reactive ketones (excluding diaryl/α,β-unsaturated/α-hetero) is 1. The molecule has 0 aromatic carbocycles. The monoisotopic (exact) mass is 257 g/mol. The van der Waals surface area contributed by atoms with Crippen LogP contribution in [0.2, 0.25) is 0 Å². The number of rotatable bonds is 5. The van der Waals surface area contributed by atoms with Gasteiger partial charge in [0, 0.05) is 5.92 Å². The Balaban J connectivity index is 2.86. The molecule has 0 aromatic heterocycles. The second-order valence-electron chi connectivity index (χ2n) is 4.14. The molecule has 0 saturated carbocycles. The van der Waals surface area contributed by atoms with Crippen molar-refractivity contribution >= 4 is 23.4 Å². The van der Waals surface area contributed by atoms with Gasteiger partial charge in [0.2, 0.25) is 5.91 Å². The average molecular weight is 257 g/mol. The van der Waals surface area contributed by atoms with Crippen molar-refractivity contribution < 1.29 is 28.7 Å². The van der Waals surface area contributed by atoms with E-state index in [0.717, 1.165) is 0 Å². The van der Waals surface area contributed by atoms with Crippen molar-refractivity contribution in [3.8, 4) is 0 Å². The van der Waals surface area contributed by atoms with Gasteiger partial charge < -0.3 is 16.0 Å². The Labute approximate surface area is 102 Å². The first-order valence-electron chi connectivity index (χ1n) is 5.25. The van der Waals surface area contributed by atoms with Gasteiger partial charge in [0.25, 0.3) is 5.78 Å². The number of nitrogens with zero attached hydrogens (tertiary/aromatic N) is 2. The average Bonchev–Trinajstić information content (AvgIpc) is 2.24. The van der Waals surface area contributed by atoms with Crippen LogP contribution in [0, 0.1) is 11.8 Å². The fourth-order valence-corrected chi connectivity index (χ4v) is 1.92. The normalized spacial score (nSPS) is 25.2. The number of ketones is 1. The first-order valence-corrected chi connectivity index (χ1v) is 5.25. The molecule has 0 bridgehead atoms. The molecule has 2 N–H and O–H groups in total. The maximum Gasteiger partial charge on any atom is 0.441 e. The highest BCUT2D eigenvalue weighted by molar-refractivity contribution is 6.62. The molecule has 1 heterocycles. The molecule has 8 heteroatoms. The van der Waals surface area contributed by atoms with E-state index < -0.39 is 47.4 Å². The molecule has 4 atom stereocenters. The van der Waals surface area contributed by atoms with Gasteiger partial charge in [-0.1, -0.05) is 6.92 Å². The molecule has 1 amide bonds. The molecule has 98 valence electrons. The number of nitrogens with one attached hydrogen (secondary N) is 1. The summed E-state index contributed by atoms with van der Waals surface area (Å²) in [7, 11) is 0. The molecule has 0 aliphatic carbocycles. The van der Waals surface area contributed by atoms with Crippen LogP contribution >= 0.6 is 0 Å². The van der Waals surface area contributed by atoms with E-state index in [1.807, 2.05) is 0 Å². The summed E-state index contributed by atoms with van der Waals surface area (Å²) in [5, 5.41) is 11.0. The predicted molar refractivity (Wildman–Crippen MR) is 56.4 cm³/mol. The number of aliphatic carboxylic acids is 1. The fourth-order valence-electron chi connectivity index (χ4n) is 1.92. The van der Waals surface area contributed by atoms with Crippen LogP contribution < -0.4 is 5.32 Å². The zero-order chi connectivity index (χ0) is 14.0. The van der Waals surface area contributed by atoms with E-state index in [0.29, 0.717) is 0 Å². The van der Waals surface area contributed by atoms with E-state index in [9.17, 15) is 18.8 Å². The van der Waals surface area contributed by atoms with Gasteiger partial charge in [0.1, 0.15) is 6.17 Å². The first-order chi connectivity index (χ1) is 8.31. The molecule has 0 radical (unpaired) electrons. The van der Waals surface area contributed by atoms with Crippen molar-refractivity contribution in [3.05, 3.63) is 5.53 Å². The van der Waals surface area contributed by atoms with E-state index >= 15 is 0 Å². The van der Waals surface area contributed by atoms with Gasteiger partial charge in [-0.3, -0.25) is 9.59 Å². The van der Waals surface area contributed by atoms with Crippen LogP contribution in [0.25, 0.3) is 5.53 Å². The largest absolute Gasteiger partial charge is 0.472 e. The Morgan fingerprint density at radius 1 is 1.50 bits per heavy atom. The van der Waals surface area contributed by atoms with Crippen LogP contribution in [0.4, 0.5) is 4.39 Å². The quantitative estimate of drug-likeness (QED) is 0.225. The van der Waals surface area contributed by atoms with Gasteiger partial charge in [-0.05, 0) is 6.92 Å². The molecule has 1 fully saturated rings. The second-order valence-corrected chi connectivity index (χ2v) is 4.14. The number of carboxylic acid groups (broad SMARTS) is 1. The second kappa shape index (κ2) is 5.05. The maximum atomic E-state index is 13.1. The highest BCUT2D eigenvalue weighted by Crippen LogP contribution is 2.27. The van der Waals surface area contributed by atoms with Crippen LogP contribution in [-0.2, 0) is 14.4 Å². The molecular weight excluding hydrogens is 245 g/mol. The number of amides is 1. The molecule has 0 spiro atoms. The number of halogens is 1. The van der Waals surface area contributed by atoms with Crippen molar-refractivity contribution in [1.29, 1.82) is 0 Å². The molecule has 0 unspecified atom stereocenters. The summed E-state index contributed by atoms with van der Waals surface area (Å²) < 4.78 is 13.1. The third-order valence-electron chi connectivity index (χ3n) is 2.98. The van der Waals surface area contributed by atoms with Crippen LogP contribution in [0.5, 0.6) is 0 Å². The van der Waals surface area contributed by atoms with Crippen LogP contribution in [0.1, 0.15) is 13.8 Å². The van der Waals surface area contributed by atoms with E-state index in [4.69, 9.17) is 10.6 Å². The number of carboxylic acids is 1. The lowest BCUT2D eigenvalue weighted by molar-refractivity contribution is -0.143. The molecule has 7 nitrogen and oxygen atoms in total. The molecule has 1 rings (SSSR count). The minimum Gasteiger partial charge on any atom is -0.472 e. The number of carbonyl (C=O) groups is 3. The fraction of sp³-hybridized carbons (Fsp3) is 0.600. The van der Waals surface area contributed by atoms with Crippen LogP contribution in [0.3, 0.4) is 0 Å². The number of hydrogen-bond donors (Lipinski definition) is 2. The van der Waals surface area contributed by atoms with Crippen molar-refractivity contribution in [2.24, 2.45) is 11.8 Å². The molecule has 0 aromatic rings. The molecule has 1 aliphatic rings. The molecular formula is C10H12FN3O4. The Morgan fingerprint density at radius 2 is 2.06 bits per heavy atom. The molecule has 18 heavy (non-hydrogen) atoms. The Kier molecular flexibility index (Phi) is 3.93. The summed E-state index contributed by atoms with van der Waals surface area (Å²) in [5.74, 6) is -5.12. The minimum absolute atomic E-state index is 0.521. The van der Waals surface area contributed by atoms with E-state index in [1.165, 1.54) is 13.8 Å². The molecule has 1 aliphatic heterocycles. The Bertz CT molecular complexity index is 456. The maximum absolute atomic E-state index is 13.1. The Morgan fingerprint density at radius 3 is 2.39 bits per heavy atom. The number of alkyl halides is 1. The van der Waals surface area contributed by atoms with Crippen molar-refractivity contribution in [3.63, 3.8) is 0 Å². The summed E-state index contributed by atoms with van der Waals surface area (Å²) >= 11 is 0. The number of hydrogen-bond acceptors (Lipinski definition) is 3. The number of β-lactam (4-membered cyclic amide) rings is 1. The summed E-state index contributed by atoms with van der Waals surface area (Å²) in [6.45, 7) is 2.53. The van der Waals surface area contributed by atoms with Gasteiger partial charge in [0.05, 0.1) is 12.0 Å². The zero-order valence-corrected chi connectivity index (χ0v) is 9.75. The van der Waals surface area contributed by atoms with Crippen molar-refractivity contribution in [2.45, 2.75) is 26.1 Å². The summed E-state index contributed by atoms with van der Waals surface area (Å²) in [4.78, 5) is 35.8. The highest BCUT2D eigenvalue weighted by Gasteiger charge is 2.50. The lowest BCUT2D eigenvalue weighted by Crippen LogP contribution is -2.65. The van der Waals surface area contributed by atoms with Crippen LogP contribution in [-0.4, -0.2) is 45.5 Å². The van der Waals surface area contributed by atoms with Gasteiger partial charge in [-0.15, -0.1) is 0 Å². The van der Waals surface area contributed by atoms with Gasteiger partial charge in [-0.25, -0.2) is 9.18 Å².